The molecule has 0 atom stereocenters. The van der Waals surface area contributed by atoms with Gasteiger partial charge in [-0.05, 0) is 53.2 Å². The third-order valence-corrected chi connectivity index (χ3v) is 4.98. The number of aryl methyl sites for hydroxylation is 1. The number of halogens is 2. The molecular weight excluding hydrogens is 464 g/mol. The Morgan fingerprint density at radius 2 is 1.72 bits per heavy atom. The minimum Gasteiger partial charge on any atom is -0.325 e. The average Bonchev–Trinajstić information content (AvgIpc) is 2.65. The third kappa shape index (κ3) is 6.81. The summed E-state index contributed by atoms with van der Waals surface area (Å²) in [4.78, 5) is 36.6. The van der Waals surface area contributed by atoms with Gasteiger partial charge in [0.15, 0.2) is 0 Å². The van der Waals surface area contributed by atoms with E-state index in [9.17, 15) is 19.7 Å². The summed E-state index contributed by atoms with van der Waals surface area (Å²) in [5.41, 5.74) is 1.83. The number of hydrogen-bond donors (Lipinski definition) is 2. The Bertz CT molecular complexity index is 938. The van der Waals surface area contributed by atoms with Gasteiger partial charge in [0.05, 0.1) is 23.7 Å². The van der Waals surface area contributed by atoms with Crippen molar-refractivity contribution >= 4 is 56.4 Å². The molecule has 2 aromatic carbocycles. The van der Waals surface area contributed by atoms with Crippen molar-refractivity contribution in [1.82, 2.24) is 4.90 Å². The van der Waals surface area contributed by atoms with Crippen molar-refractivity contribution in [3.05, 3.63) is 61.6 Å². The van der Waals surface area contributed by atoms with Crippen molar-refractivity contribution in [2.75, 3.05) is 30.3 Å². The van der Waals surface area contributed by atoms with Crippen LogP contribution in [-0.2, 0) is 9.59 Å². The predicted octanol–water partition coefficient (Wildman–Crippen LogP) is 4.22. The lowest BCUT2D eigenvalue weighted by atomic mass is 10.2. The molecule has 0 aliphatic heterocycles. The lowest BCUT2D eigenvalue weighted by Gasteiger charge is -2.20. The summed E-state index contributed by atoms with van der Waals surface area (Å²) < 4.78 is 0.400. The van der Waals surface area contributed by atoms with Gasteiger partial charge in [-0.3, -0.25) is 24.6 Å². The highest BCUT2D eigenvalue weighted by molar-refractivity contribution is 9.10. The van der Waals surface area contributed by atoms with E-state index in [1.165, 1.54) is 18.2 Å². The van der Waals surface area contributed by atoms with Crippen LogP contribution in [0.25, 0.3) is 0 Å². The predicted molar refractivity (Wildman–Crippen MR) is 116 cm³/mol. The van der Waals surface area contributed by atoms with E-state index in [1.807, 2.05) is 19.9 Å². The first-order chi connectivity index (χ1) is 13.7. The van der Waals surface area contributed by atoms with Crippen molar-refractivity contribution < 1.29 is 14.5 Å². The summed E-state index contributed by atoms with van der Waals surface area (Å²) in [6.07, 6.45) is 0. The Morgan fingerprint density at radius 3 is 2.28 bits per heavy atom. The van der Waals surface area contributed by atoms with Crippen molar-refractivity contribution in [2.24, 2.45) is 0 Å². The summed E-state index contributed by atoms with van der Waals surface area (Å²) >= 11 is 9.17. The Labute approximate surface area is 181 Å². The van der Waals surface area contributed by atoms with E-state index in [4.69, 9.17) is 11.6 Å². The molecule has 2 rings (SSSR count). The first kappa shape index (κ1) is 22.8. The molecule has 2 N–H and O–H groups in total. The van der Waals surface area contributed by atoms with Gasteiger partial charge in [0, 0.05) is 27.3 Å². The number of anilines is 2. The number of hydrogen-bond acceptors (Lipinski definition) is 5. The van der Waals surface area contributed by atoms with Crippen LogP contribution >= 0.6 is 27.5 Å². The number of amides is 2. The molecule has 0 radical (unpaired) electrons. The zero-order valence-electron chi connectivity index (χ0n) is 15.9. The van der Waals surface area contributed by atoms with Gasteiger partial charge < -0.3 is 10.6 Å². The van der Waals surface area contributed by atoms with Crippen LogP contribution in [0.4, 0.5) is 17.1 Å². The Kier molecular flexibility index (Phi) is 8.12. The third-order valence-electron chi connectivity index (χ3n) is 4.09. The molecule has 2 amide bonds. The molecule has 0 unspecified atom stereocenters. The molecule has 8 nitrogen and oxygen atoms in total. The number of likely N-dealkylation sites (N-methyl/N-ethyl adjacent to an activating group) is 1. The molecule has 0 bridgehead atoms. The number of benzene rings is 2. The SMILES string of the molecule is CCN(CC(=O)Nc1cc(Cl)ccc1C)CC(=O)Nc1ccc([N+](=O)[O-])cc1Br. The highest BCUT2D eigenvalue weighted by Gasteiger charge is 2.16. The molecular formula is C19H20BrClN4O4. The Morgan fingerprint density at radius 1 is 1.10 bits per heavy atom. The van der Waals surface area contributed by atoms with E-state index in [0.29, 0.717) is 27.4 Å². The van der Waals surface area contributed by atoms with Crippen molar-refractivity contribution in [2.45, 2.75) is 13.8 Å². The van der Waals surface area contributed by atoms with Crippen LogP contribution in [0.3, 0.4) is 0 Å². The molecule has 0 fully saturated rings. The van der Waals surface area contributed by atoms with Crippen LogP contribution in [0.5, 0.6) is 0 Å². The molecule has 0 spiro atoms. The second-order valence-electron chi connectivity index (χ2n) is 6.28. The van der Waals surface area contributed by atoms with Crippen LogP contribution in [-0.4, -0.2) is 41.3 Å². The van der Waals surface area contributed by atoms with Crippen molar-refractivity contribution in [1.29, 1.82) is 0 Å². The molecule has 154 valence electrons. The normalized spacial score (nSPS) is 10.7. The van der Waals surface area contributed by atoms with E-state index in [0.717, 1.165) is 5.56 Å². The van der Waals surface area contributed by atoms with E-state index in [-0.39, 0.29) is 30.6 Å². The monoisotopic (exact) mass is 482 g/mol. The van der Waals surface area contributed by atoms with E-state index in [1.54, 1.807) is 17.0 Å². The van der Waals surface area contributed by atoms with Crippen molar-refractivity contribution in [3.63, 3.8) is 0 Å². The molecule has 29 heavy (non-hydrogen) atoms. The number of carbonyl (C=O) groups excluding carboxylic acids is 2. The fourth-order valence-electron chi connectivity index (χ4n) is 2.51. The number of nitro groups is 1. The Hall–Kier alpha value is -2.49. The zero-order valence-corrected chi connectivity index (χ0v) is 18.2. The van der Waals surface area contributed by atoms with Gasteiger partial charge in [0.25, 0.3) is 5.69 Å². The van der Waals surface area contributed by atoms with Gasteiger partial charge in [-0.1, -0.05) is 24.6 Å². The van der Waals surface area contributed by atoms with Gasteiger partial charge in [0.1, 0.15) is 0 Å². The number of nitrogens with zero attached hydrogens (tertiary/aromatic N) is 2. The Balaban J connectivity index is 1.95. The zero-order chi connectivity index (χ0) is 21.6. The first-order valence-corrected chi connectivity index (χ1v) is 9.88. The summed E-state index contributed by atoms with van der Waals surface area (Å²) in [6.45, 7) is 4.20. The van der Waals surface area contributed by atoms with Gasteiger partial charge in [-0.2, -0.15) is 0 Å². The van der Waals surface area contributed by atoms with Gasteiger partial charge >= 0.3 is 0 Å². The van der Waals surface area contributed by atoms with Crippen LogP contribution in [0.1, 0.15) is 12.5 Å². The lowest BCUT2D eigenvalue weighted by Crippen LogP contribution is -2.38. The fourth-order valence-corrected chi connectivity index (χ4v) is 3.15. The largest absolute Gasteiger partial charge is 0.325 e. The van der Waals surface area contributed by atoms with E-state index in [2.05, 4.69) is 26.6 Å². The number of nitro benzene ring substituents is 1. The minimum absolute atomic E-state index is 0.0120. The van der Waals surface area contributed by atoms with Gasteiger partial charge in [-0.25, -0.2) is 0 Å². The molecule has 0 saturated heterocycles. The summed E-state index contributed by atoms with van der Waals surface area (Å²) in [5.74, 6) is -0.602. The summed E-state index contributed by atoms with van der Waals surface area (Å²) in [7, 11) is 0. The van der Waals surface area contributed by atoms with Crippen LogP contribution in [0, 0.1) is 17.0 Å². The topological polar surface area (TPSA) is 105 Å². The van der Waals surface area contributed by atoms with Crippen molar-refractivity contribution in [3.8, 4) is 0 Å². The summed E-state index contributed by atoms with van der Waals surface area (Å²) in [6, 6.07) is 9.29. The molecule has 0 aliphatic carbocycles. The van der Waals surface area contributed by atoms with E-state index < -0.39 is 4.92 Å². The first-order valence-electron chi connectivity index (χ1n) is 8.71. The quantitative estimate of drug-likeness (QED) is 0.432. The highest BCUT2D eigenvalue weighted by atomic mass is 79.9. The molecule has 2 aromatic rings. The summed E-state index contributed by atoms with van der Waals surface area (Å²) in [5, 5.41) is 16.8. The smallest absolute Gasteiger partial charge is 0.270 e. The maximum atomic E-state index is 12.3. The molecule has 10 heteroatoms. The second kappa shape index (κ2) is 10.3. The van der Waals surface area contributed by atoms with Gasteiger partial charge in [-0.15, -0.1) is 0 Å². The standard InChI is InChI=1S/C19H20BrClN4O4/c1-3-24(11-19(27)23-17-8-13(21)5-4-12(17)2)10-18(26)22-16-7-6-14(25(28)29)9-15(16)20/h4-9H,3,10-11H2,1-2H3,(H,22,26)(H,23,27). The molecule has 0 saturated carbocycles. The highest BCUT2D eigenvalue weighted by Crippen LogP contribution is 2.27. The van der Waals surface area contributed by atoms with Crippen LogP contribution in [0.2, 0.25) is 5.02 Å². The lowest BCUT2D eigenvalue weighted by molar-refractivity contribution is -0.384. The number of non-ortho nitro benzene ring substituents is 1. The maximum Gasteiger partial charge on any atom is 0.270 e. The molecule has 0 heterocycles. The minimum atomic E-state index is -0.518. The van der Waals surface area contributed by atoms with E-state index >= 15 is 0 Å². The maximum absolute atomic E-state index is 12.3. The van der Waals surface area contributed by atoms with Gasteiger partial charge in [0.2, 0.25) is 11.8 Å². The average molecular weight is 484 g/mol. The van der Waals surface area contributed by atoms with Crippen LogP contribution in [0.15, 0.2) is 40.9 Å². The molecule has 0 aromatic heterocycles. The fraction of sp³-hybridized carbons (Fsp3) is 0.263. The number of nitrogens with one attached hydrogen (secondary N) is 2. The number of rotatable bonds is 8. The molecule has 0 aliphatic rings. The van der Waals surface area contributed by atoms with Crippen LogP contribution < -0.4 is 10.6 Å². The number of carbonyl (C=O) groups is 2. The second-order valence-corrected chi connectivity index (χ2v) is 7.57.